The minimum absolute atomic E-state index is 0.0000463. The Bertz CT molecular complexity index is 686. The predicted molar refractivity (Wildman–Crippen MR) is 71.2 cm³/mol. The Kier molecular flexibility index (Phi) is 3.75. The maximum Gasteiger partial charge on any atom is 0.147 e. The molecule has 0 aliphatic rings. The number of methoxy groups -OCH3 is 1. The van der Waals surface area contributed by atoms with Gasteiger partial charge in [0.15, 0.2) is 0 Å². The second kappa shape index (κ2) is 5.19. The third kappa shape index (κ3) is 2.26. The molecule has 2 rings (SSSR count). The van der Waals surface area contributed by atoms with Crippen molar-refractivity contribution in [3.63, 3.8) is 0 Å². The second-order valence-electron chi connectivity index (χ2n) is 4.43. The first kappa shape index (κ1) is 14.4. The summed E-state index contributed by atoms with van der Waals surface area (Å²) >= 11 is 0. The molecule has 0 aliphatic heterocycles. The van der Waals surface area contributed by atoms with Crippen LogP contribution >= 0.6 is 0 Å². The first-order valence-corrected chi connectivity index (χ1v) is 5.85. The zero-order valence-electron chi connectivity index (χ0n) is 11.2. The van der Waals surface area contributed by atoms with E-state index in [2.05, 4.69) is 0 Å². The fourth-order valence-corrected chi connectivity index (χ4v) is 2.01. The largest absolute Gasteiger partial charge is 0.496 e. The van der Waals surface area contributed by atoms with Crippen molar-refractivity contribution in [1.82, 2.24) is 0 Å². The first-order chi connectivity index (χ1) is 9.36. The average Bonchev–Trinajstić information content (AvgIpc) is 2.40. The average molecular weight is 282 g/mol. The van der Waals surface area contributed by atoms with Gasteiger partial charge >= 0.3 is 0 Å². The van der Waals surface area contributed by atoms with Gasteiger partial charge in [-0.15, -0.1) is 0 Å². The fourth-order valence-electron chi connectivity index (χ4n) is 2.01. The molecule has 0 heterocycles. The van der Waals surface area contributed by atoms with Crippen LogP contribution in [0.25, 0.3) is 11.1 Å². The normalized spacial score (nSPS) is 10.7. The number of hydrogen-bond donors (Lipinski definition) is 0. The number of benzene rings is 2. The molecule has 0 unspecified atom stereocenters. The third-order valence-electron chi connectivity index (χ3n) is 3.21. The molecule has 0 radical (unpaired) electrons. The Morgan fingerprint density at radius 2 is 1.65 bits per heavy atom. The summed E-state index contributed by atoms with van der Waals surface area (Å²) in [5.41, 5.74) is -0.318. The SMILES string of the molecule is Bc1c(F)cc(OC)c(-c2cc(F)cc(F)c2C)c1F. The molecule has 0 saturated heterocycles. The molecule has 0 amide bonds. The molecule has 6 heteroatoms. The number of hydrogen-bond acceptors (Lipinski definition) is 1. The van der Waals surface area contributed by atoms with Gasteiger partial charge in [0.05, 0.1) is 12.7 Å². The fraction of sp³-hybridized carbons (Fsp3) is 0.143. The molecule has 0 N–H and O–H groups in total. The van der Waals surface area contributed by atoms with Crippen LogP contribution in [-0.2, 0) is 0 Å². The quantitative estimate of drug-likeness (QED) is 0.607. The van der Waals surface area contributed by atoms with Crippen LogP contribution in [0.15, 0.2) is 18.2 Å². The van der Waals surface area contributed by atoms with Crippen LogP contribution in [-0.4, -0.2) is 15.0 Å². The number of ether oxygens (including phenoxy) is 1. The van der Waals surface area contributed by atoms with Gasteiger partial charge in [-0.25, -0.2) is 17.6 Å². The smallest absolute Gasteiger partial charge is 0.147 e. The molecule has 0 spiro atoms. The highest BCUT2D eigenvalue weighted by molar-refractivity contribution is 6.33. The van der Waals surface area contributed by atoms with Crippen molar-refractivity contribution >= 4 is 13.3 Å². The van der Waals surface area contributed by atoms with Crippen LogP contribution in [0.5, 0.6) is 5.75 Å². The van der Waals surface area contributed by atoms with Crippen LogP contribution in [0.4, 0.5) is 17.6 Å². The molecule has 0 atom stereocenters. The van der Waals surface area contributed by atoms with E-state index in [0.29, 0.717) is 6.07 Å². The summed E-state index contributed by atoms with van der Waals surface area (Å²) in [6.07, 6.45) is 0. The van der Waals surface area contributed by atoms with Gasteiger partial charge in [-0.1, -0.05) is 0 Å². The standard InChI is InChI=1S/C14H11BF4O/c1-6-8(3-7(16)4-9(6)17)12-11(20-2)5-10(18)13(15)14(12)19/h3-5H,15H2,1-2H3. The van der Waals surface area contributed by atoms with Crippen LogP contribution in [0, 0.1) is 30.2 Å². The van der Waals surface area contributed by atoms with E-state index in [9.17, 15) is 17.6 Å². The Labute approximate surface area is 114 Å². The first-order valence-electron chi connectivity index (χ1n) is 5.85. The molecule has 0 fully saturated rings. The van der Waals surface area contributed by atoms with E-state index in [-0.39, 0.29) is 27.9 Å². The minimum atomic E-state index is -0.894. The van der Waals surface area contributed by atoms with Gasteiger partial charge in [0.25, 0.3) is 0 Å². The van der Waals surface area contributed by atoms with Crippen LogP contribution in [0.2, 0.25) is 0 Å². The van der Waals surface area contributed by atoms with Crippen LogP contribution in [0.3, 0.4) is 0 Å². The van der Waals surface area contributed by atoms with Gasteiger partial charge in [0.2, 0.25) is 0 Å². The number of rotatable bonds is 2. The van der Waals surface area contributed by atoms with E-state index in [1.54, 1.807) is 0 Å². The molecule has 104 valence electrons. The van der Waals surface area contributed by atoms with Crippen LogP contribution in [0.1, 0.15) is 5.56 Å². The summed E-state index contributed by atoms with van der Waals surface area (Å²) in [4.78, 5) is 0. The molecule has 0 aromatic heterocycles. The molecule has 0 aliphatic carbocycles. The Hall–Kier alpha value is -1.98. The van der Waals surface area contributed by atoms with Crippen molar-refractivity contribution in [2.75, 3.05) is 7.11 Å². The minimum Gasteiger partial charge on any atom is -0.496 e. The molecule has 20 heavy (non-hydrogen) atoms. The van der Waals surface area contributed by atoms with E-state index >= 15 is 0 Å². The van der Waals surface area contributed by atoms with Gasteiger partial charge in [-0.05, 0) is 29.6 Å². The summed E-state index contributed by atoms with van der Waals surface area (Å²) in [6.45, 7) is 1.39. The molecule has 2 aromatic rings. The van der Waals surface area contributed by atoms with Gasteiger partial charge in [-0.3, -0.25) is 0 Å². The highest BCUT2D eigenvalue weighted by Crippen LogP contribution is 2.35. The number of halogens is 4. The maximum atomic E-state index is 14.3. The van der Waals surface area contributed by atoms with Gasteiger partial charge in [0.1, 0.15) is 36.9 Å². The zero-order valence-corrected chi connectivity index (χ0v) is 11.2. The van der Waals surface area contributed by atoms with Crippen molar-refractivity contribution in [3.05, 3.63) is 47.0 Å². The molecule has 0 saturated carbocycles. The van der Waals surface area contributed by atoms with Crippen LogP contribution < -0.4 is 10.2 Å². The van der Waals surface area contributed by atoms with E-state index in [0.717, 1.165) is 12.1 Å². The lowest BCUT2D eigenvalue weighted by Crippen LogP contribution is -2.16. The van der Waals surface area contributed by atoms with Crippen molar-refractivity contribution in [2.24, 2.45) is 0 Å². The van der Waals surface area contributed by atoms with E-state index < -0.39 is 23.3 Å². The molecular weight excluding hydrogens is 271 g/mol. The highest BCUT2D eigenvalue weighted by Gasteiger charge is 2.21. The van der Waals surface area contributed by atoms with Crippen molar-refractivity contribution in [3.8, 4) is 16.9 Å². The maximum absolute atomic E-state index is 14.3. The molecular formula is C14H11BF4O. The van der Waals surface area contributed by atoms with Gasteiger partial charge in [0, 0.05) is 12.1 Å². The molecule has 2 aromatic carbocycles. The monoisotopic (exact) mass is 282 g/mol. The topological polar surface area (TPSA) is 9.23 Å². The third-order valence-corrected chi connectivity index (χ3v) is 3.21. The van der Waals surface area contributed by atoms with Crippen molar-refractivity contribution < 1.29 is 22.3 Å². The van der Waals surface area contributed by atoms with Crippen molar-refractivity contribution in [1.29, 1.82) is 0 Å². The Morgan fingerprint density at radius 3 is 2.25 bits per heavy atom. The Balaban J connectivity index is 2.85. The zero-order chi connectivity index (χ0) is 15.0. The van der Waals surface area contributed by atoms with E-state index in [1.165, 1.54) is 21.9 Å². The molecule has 0 bridgehead atoms. The lowest BCUT2D eigenvalue weighted by Gasteiger charge is -2.15. The predicted octanol–water partition coefficient (Wildman–Crippen LogP) is 2.49. The highest BCUT2D eigenvalue weighted by atomic mass is 19.1. The lowest BCUT2D eigenvalue weighted by atomic mass is 9.88. The van der Waals surface area contributed by atoms with Gasteiger partial charge < -0.3 is 4.74 Å². The Morgan fingerprint density at radius 1 is 1.00 bits per heavy atom. The summed E-state index contributed by atoms with van der Waals surface area (Å²) in [5.74, 6) is -3.43. The lowest BCUT2D eigenvalue weighted by molar-refractivity contribution is 0.410. The van der Waals surface area contributed by atoms with Crippen molar-refractivity contribution in [2.45, 2.75) is 6.92 Å². The second-order valence-corrected chi connectivity index (χ2v) is 4.43. The van der Waals surface area contributed by atoms with Gasteiger partial charge in [-0.2, -0.15) is 0 Å². The summed E-state index contributed by atoms with van der Waals surface area (Å²) in [5, 5.41) is 0. The van der Waals surface area contributed by atoms with E-state index in [1.807, 2.05) is 0 Å². The van der Waals surface area contributed by atoms with E-state index in [4.69, 9.17) is 4.74 Å². The molecule has 1 nitrogen and oxygen atoms in total. The summed E-state index contributed by atoms with van der Waals surface area (Å²) in [6, 6.07) is 2.70. The summed E-state index contributed by atoms with van der Waals surface area (Å²) in [7, 11) is 2.48. The summed E-state index contributed by atoms with van der Waals surface area (Å²) < 4.78 is 59.7.